The molecular weight excluding hydrogens is 1090 g/mol. The van der Waals surface area contributed by atoms with E-state index < -0.39 is 23.4 Å². The molecule has 0 bridgehead atoms. The number of fused-ring (bicyclic) bond motifs is 3. The number of benzene rings is 4. The number of para-hydroxylation sites is 2. The minimum absolute atomic E-state index is 0.0974. The van der Waals surface area contributed by atoms with Gasteiger partial charge < -0.3 is 51.3 Å². The molecule has 0 saturated heterocycles. The number of ether oxygens (including phenoxy) is 4. The molecule has 5 aromatic heterocycles. The molecule has 4 aromatic carbocycles. The van der Waals surface area contributed by atoms with Crippen LogP contribution in [0.4, 0.5) is 32.9 Å². The van der Waals surface area contributed by atoms with Crippen LogP contribution in [0, 0.1) is 0 Å². The Morgan fingerprint density at radius 1 is 0.541 bits per heavy atom. The molecule has 0 aliphatic carbocycles. The van der Waals surface area contributed by atoms with Gasteiger partial charge >= 0.3 is 23.6 Å². The highest BCUT2D eigenvalue weighted by atomic mass is 16.6. The second-order valence-electron chi connectivity index (χ2n) is 21.4. The molecule has 444 valence electrons. The standard InChI is InChI=1S/C25H28N6O4.C20H20N6O2.C14H21N5O3/c1-25(2,3)35-24(33)29(4)14-15-30-22-20(21(26)27-16-28-22)31(23(30)32)17-10-12-19(13-11-17)34-18-8-6-5-7-9-18;1-22-11-12-25-19-17(18(21)23-13-24-19)26(20(25)27)14-7-9-16(10-8-14)28-15-5-3-2-4-6-15;1-14(2,3)22-13(21)18(4)5-6-19-10(20)7-9-11(15)16-8-17-12(9)19/h5-13,16H,14-15H2,1-4H3,(H2,26,27,28);2-10,13,22H,11-12H2,1H3,(H2,21,23,24);8H,5-7H2,1-4H3,(H2,15,16,17). The number of rotatable bonds is 15. The molecule has 26 heteroatoms. The number of hydrogen-bond donors (Lipinski definition) is 4. The van der Waals surface area contributed by atoms with Crippen LogP contribution in [0.1, 0.15) is 47.1 Å². The summed E-state index contributed by atoms with van der Waals surface area (Å²) in [4.78, 5) is 91.9. The van der Waals surface area contributed by atoms with E-state index in [1.165, 1.54) is 47.4 Å². The zero-order valence-corrected chi connectivity index (χ0v) is 48.8. The van der Waals surface area contributed by atoms with Crippen molar-refractivity contribution in [2.45, 2.75) is 72.3 Å². The molecule has 0 saturated carbocycles. The number of imidazole rings is 2. The Hall–Kier alpha value is -10.4. The highest BCUT2D eigenvalue weighted by Crippen LogP contribution is 2.30. The van der Waals surface area contributed by atoms with Gasteiger partial charge in [-0.3, -0.25) is 28.0 Å². The Balaban J connectivity index is 0.000000171. The zero-order chi connectivity index (χ0) is 61.2. The summed E-state index contributed by atoms with van der Waals surface area (Å²) in [6.07, 6.45) is 3.30. The number of carbonyl (C=O) groups is 3. The predicted molar refractivity (Wildman–Crippen MR) is 322 cm³/mol. The number of likely N-dealkylation sites (N-methyl/N-ethyl adjacent to an activating group) is 3. The summed E-state index contributed by atoms with van der Waals surface area (Å²) in [5, 5.41) is 3.04. The first-order valence-corrected chi connectivity index (χ1v) is 27.0. The van der Waals surface area contributed by atoms with Crippen molar-refractivity contribution in [2.24, 2.45) is 0 Å². The van der Waals surface area contributed by atoms with Crippen molar-refractivity contribution in [3.63, 3.8) is 0 Å². The molecule has 85 heavy (non-hydrogen) atoms. The lowest BCUT2D eigenvalue weighted by atomic mass is 10.2. The first-order chi connectivity index (χ1) is 40.5. The van der Waals surface area contributed by atoms with Gasteiger partial charge in [0.25, 0.3) is 0 Å². The minimum atomic E-state index is -0.615. The van der Waals surface area contributed by atoms with Gasteiger partial charge in [-0.2, -0.15) is 0 Å². The fourth-order valence-corrected chi connectivity index (χ4v) is 8.66. The van der Waals surface area contributed by atoms with E-state index in [2.05, 4.69) is 35.2 Å². The summed E-state index contributed by atoms with van der Waals surface area (Å²) in [5.41, 5.74) is 19.9. The van der Waals surface area contributed by atoms with Gasteiger partial charge in [0.05, 0.1) is 17.8 Å². The number of nitrogen functional groups attached to an aromatic ring is 3. The minimum Gasteiger partial charge on any atom is -0.457 e. The van der Waals surface area contributed by atoms with Gasteiger partial charge in [0.15, 0.2) is 22.9 Å². The summed E-state index contributed by atoms with van der Waals surface area (Å²) >= 11 is 0. The first kappa shape index (κ1) is 60.7. The second kappa shape index (κ2) is 26.3. The maximum Gasteiger partial charge on any atom is 0.410 e. The van der Waals surface area contributed by atoms with Crippen LogP contribution in [0.3, 0.4) is 0 Å². The number of hydrogen-bond acceptors (Lipinski definition) is 19. The maximum atomic E-state index is 13.5. The molecule has 1 aliphatic rings. The molecule has 9 aromatic rings. The lowest BCUT2D eigenvalue weighted by Gasteiger charge is -2.26. The Morgan fingerprint density at radius 3 is 1.38 bits per heavy atom. The van der Waals surface area contributed by atoms with Gasteiger partial charge in [-0.05, 0) is 121 Å². The molecule has 10 rings (SSSR count). The third-order valence-corrected chi connectivity index (χ3v) is 12.8. The lowest BCUT2D eigenvalue weighted by Crippen LogP contribution is -2.40. The molecule has 0 unspecified atom stereocenters. The van der Waals surface area contributed by atoms with Crippen molar-refractivity contribution >= 4 is 63.7 Å². The quantitative estimate of drug-likeness (QED) is 0.0818. The highest BCUT2D eigenvalue weighted by molar-refractivity contribution is 6.01. The summed E-state index contributed by atoms with van der Waals surface area (Å²) < 4.78 is 28.4. The van der Waals surface area contributed by atoms with Crippen LogP contribution in [0.25, 0.3) is 33.7 Å². The van der Waals surface area contributed by atoms with Crippen molar-refractivity contribution in [3.05, 3.63) is 155 Å². The fourth-order valence-electron chi connectivity index (χ4n) is 8.66. The Morgan fingerprint density at radius 2 is 0.941 bits per heavy atom. The number of nitrogens with two attached hydrogens (primary N) is 3. The van der Waals surface area contributed by atoms with Gasteiger partial charge in [0, 0.05) is 58.9 Å². The fraction of sp³-hybridized carbons (Fsp3) is 0.305. The van der Waals surface area contributed by atoms with Crippen molar-refractivity contribution in [2.75, 3.05) is 69.4 Å². The molecule has 26 nitrogen and oxygen atoms in total. The van der Waals surface area contributed by atoms with Crippen LogP contribution in [0.15, 0.2) is 138 Å². The third kappa shape index (κ3) is 14.8. The summed E-state index contributed by atoms with van der Waals surface area (Å²) in [7, 11) is 5.08. The van der Waals surface area contributed by atoms with E-state index in [0.717, 1.165) is 5.75 Å². The van der Waals surface area contributed by atoms with Crippen LogP contribution >= 0.6 is 0 Å². The first-order valence-electron chi connectivity index (χ1n) is 27.0. The normalized spacial score (nSPS) is 12.0. The van der Waals surface area contributed by atoms with Crippen LogP contribution in [-0.4, -0.2) is 135 Å². The molecule has 1 aliphatic heterocycles. The van der Waals surface area contributed by atoms with Crippen LogP contribution in [0.5, 0.6) is 23.0 Å². The van der Waals surface area contributed by atoms with E-state index in [9.17, 15) is 24.0 Å². The average molecular weight is 1160 g/mol. The van der Waals surface area contributed by atoms with E-state index in [0.29, 0.717) is 94.3 Å². The van der Waals surface area contributed by atoms with E-state index in [-0.39, 0.29) is 48.4 Å². The second-order valence-corrected chi connectivity index (χ2v) is 21.4. The lowest BCUT2D eigenvalue weighted by molar-refractivity contribution is -0.117. The van der Waals surface area contributed by atoms with Gasteiger partial charge in [-0.1, -0.05) is 36.4 Å². The summed E-state index contributed by atoms with van der Waals surface area (Å²) in [6, 6.07) is 33.2. The topological polar surface area (TPSA) is 319 Å². The van der Waals surface area contributed by atoms with Crippen LogP contribution in [-0.2, 0) is 33.8 Å². The Bertz CT molecular complexity index is 3910. The van der Waals surface area contributed by atoms with Gasteiger partial charge in [0.2, 0.25) is 5.91 Å². The summed E-state index contributed by atoms with van der Waals surface area (Å²) in [5.74, 6) is 3.93. The van der Waals surface area contributed by atoms with E-state index in [4.69, 9.17) is 36.1 Å². The highest BCUT2D eigenvalue weighted by Gasteiger charge is 2.32. The Kier molecular flexibility index (Phi) is 18.8. The van der Waals surface area contributed by atoms with Crippen molar-refractivity contribution in [1.82, 2.24) is 63.3 Å². The third-order valence-electron chi connectivity index (χ3n) is 12.8. The number of nitrogens with zero attached hydrogens (tertiary/aromatic N) is 13. The number of amides is 3. The molecule has 0 radical (unpaired) electrons. The molecule has 0 spiro atoms. The molecular formula is C59H69N17O9. The van der Waals surface area contributed by atoms with Crippen LogP contribution in [0.2, 0.25) is 0 Å². The number of nitrogens with one attached hydrogen (secondary N) is 1. The van der Waals surface area contributed by atoms with Crippen molar-refractivity contribution < 1.29 is 33.3 Å². The van der Waals surface area contributed by atoms with Crippen molar-refractivity contribution in [3.8, 4) is 34.4 Å². The molecule has 0 fully saturated rings. The largest absolute Gasteiger partial charge is 0.457 e. The van der Waals surface area contributed by atoms with E-state index in [1.54, 1.807) is 84.5 Å². The van der Waals surface area contributed by atoms with Crippen LogP contribution < -0.4 is 48.3 Å². The van der Waals surface area contributed by atoms with Gasteiger partial charge in [0.1, 0.15) is 75.9 Å². The van der Waals surface area contributed by atoms with Gasteiger partial charge in [-0.25, -0.2) is 49.1 Å². The predicted octanol–water partition coefficient (Wildman–Crippen LogP) is 6.81. The number of aromatic nitrogens is 10. The average Bonchev–Trinajstić information content (AvgIpc) is 2.13. The monoisotopic (exact) mass is 1160 g/mol. The van der Waals surface area contributed by atoms with Crippen molar-refractivity contribution in [1.29, 1.82) is 0 Å². The van der Waals surface area contributed by atoms with E-state index in [1.807, 2.05) is 92.0 Å². The molecule has 0 atom stereocenters. The number of anilines is 4. The van der Waals surface area contributed by atoms with Gasteiger partial charge in [-0.15, -0.1) is 0 Å². The van der Waals surface area contributed by atoms with E-state index >= 15 is 0 Å². The maximum absolute atomic E-state index is 13.5. The SMILES string of the molecule is CN(CCN1C(=O)Cc2c(N)ncnc21)C(=O)OC(C)(C)C.CN(CCn1c(=O)n(-c2ccc(Oc3ccccc3)cc2)c2c(N)ncnc21)C(=O)OC(C)(C)C.CNCCn1c(=O)n(-c2ccc(Oc3ccccc3)cc2)c2c(N)ncnc21. The smallest absolute Gasteiger partial charge is 0.410 e. The molecule has 3 amide bonds. The Labute approximate surface area is 489 Å². The zero-order valence-electron chi connectivity index (χ0n) is 48.8. The molecule has 6 heterocycles. The molecule has 7 N–H and O–H groups in total. The number of carbonyl (C=O) groups excluding carboxylic acids is 3. The summed E-state index contributed by atoms with van der Waals surface area (Å²) in [6.45, 7) is 13.0.